The second-order valence-corrected chi connectivity index (χ2v) is 6.90. The second kappa shape index (κ2) is 7.49. The van der Waals surface area contributed by atoms with Crippen molar-refractivity contribution in [3.8, 4) is 0 Å². The fraction of sp³-hybridized carbons (Fsp3) is 0.150. The van der Waals surface area contributed by atoms with Crippen molar-refractivity contribution in [2.24, 2.45) is 0 Å². The summed E-state index contributed by atoms with van der Waals surface area (Å²) >= 11 is 1.33. The Morgan fingerprint density at radius 2 is 1.73 bits per heavy atom. The molecule has 0 saturated heterocycles. The molecule has 1 N–H and O–H groups in total. The molecule has 1 atom stereocenters. The average molecular weight is 367 g/mol. The van der Waals surface area contributed by atoms with Crippen LogP contribution in [-0.4, -0.2) is 23.8 Å². The van der Waals surface area contributed by atoms with Gasteiger partial charge >= 0.3 is 5.97 Å². The second-order valence-electron chi connectivity index (χ2n) is 5.82. The molecule has 0 aliphatic carbocycles. The highest BCUT2D eigenvalue weighted by Gasteiger charge is 2.20. The molecule has 132 valence electrons. The first-order valence-electron chi connectivity index (χ1n) is 8.05. The number of ether oxygens (including phenoxy) is 1. The van der Waals surface area contributed by atoms with Gasteiger partial charge in [-0.2, -0.15) is 0 Å². The van der Waals surface area contributed by atoms with Crippen LogP contribution in [0.5, 0.6) is 0 Å². The fourth-order valence-corrected chi connectivity index (χ4v) is 3.33. The number of amides is 1. The number of rotatable bonds is 5. The Kier molecular flexibility index (Phi) is 5.14. The number of nitrogens with one attached hydrogen (secondary N) is 1. The molecule has 0 unspecified atom stereocenters. The third-order valence-corrected chi connectivity index (χ3v) is 4.93. The number of ketones is 1. The molecule has 3 aromatic rings. The summed E-state index contributed by atoms with van der Waals surface area (Å²) in [4.78, 5) is 36.2. The van der Waals surface area contributed by atoms with Crippen molar-refractivity contribution in [3.05, 3.63) is 65.0 Å². The number of esters is 1. The molecule has 0 saturated carbocycles. The molecule has 5 nitrogen and oxygen atoms in total. The molecule has 1 heterocycles. The molecule has 26 heavy (non-hydrogen) atoms. The quantitative estimate of drug-likeness (QED) is 0.539. The number of Topliss-reactive ketones (excluding diaryl/α,β-unsaturated/α-hetero) is 1. The lowest BCUT2D eigenvalue weighted by atomic mass is 10.1. The van der Waals surface area contributed by atoms with E-state index in [-0.39, 0.29) is 5.78 Å². The number of benzene rings is 2. The van der Waals surface area contributed by atoms with Gasteiger partial charge in [-0.3, -0.25) is 9.59 Å². The van der Waals surface area contributed by atoms with Crippen LogP contribution in [0.15, 0.2) is 54.6 Å². The maximum atomic E-state index is 12.3. The maximum Gasteiger partial charge on any atom is 0.349 e. The maximum absolute atomic E-state index is 12.3. The lowest BCUT2D eigenvalue weighted by Crippen LogP contribution is -2.29. The van der Waals surface area contributed by atoms with E-state index in [0.717, 1.165) is 10.1 Å². The van der Waals surface area contributed by atoms with Crippen LogP contribution in [0.2, 0.25) is 0 Å². The first kappa shape index (κ1) is 17.8. The smallest absolute Gasteiger partial charge is 0.349 e. The van der Waals surface area contributed by atoms with Crippen LogP contribution in [-0.2, 0) is 9.53 Å². The summed E-state index contributed by atoms with van der Waals surface area (Å²) in [6.45, 7) is 2.99. The fourth-order valence-electron chi connectivity index (χ4n) is 2.39. The van der Waals surface area contributed by atoms with Gasteiger partial charge in [0.25, 0.3) is 5.91 Å². The van der Waals surface area contributed by atoms with Crippen LogP contribution in [0, 0.1) is 0 Å². The summed E-state index contributed by atoms with van der Waals surface area (Å²) in [6, 6.07) is 15.9. The average Bonchev–Trinajstić information content (AvgIpc) is 3.06. The molecule has 0 aliphatic rings. The van der Waals surface area contributed by atoms with E-state index in [2.05, 4.69) is 5.32 Å². The lowest BCUT2D eigenvalue weighted by molar-refractivity contribution is -0.123. The van der Waals surface area contributed by atoms with Crippen molar-refractivity contribution in [1.29, 1.82) is 0 Å². The summed E-state index contributed by atoms with van der Waals surface area (Å²) in [7, 11) is 0. The molecule has 0 radical (unpaired) electrons. The third kappa shape index (κ3) is 3.97. The van der Waals surface area contributed by atoms with Gasteiger partial charge in [-0.1, -0.05) is 18.2 Å². The minimum atomic E-state index is -0.944. The number of carbonyl (C=O) groups excluding carboxylic acids is 3. The van der Waals surface area contributed by atoms with Gasteiger partial charge in [-0.15, -0.1) is 11.3 Å². The van der Waals surface area contributed by atoms with E-state index in [4.69, 9.17) is 4.74 Å². The summed E-state index contributed by atoms with van der Waals surface area (Å²) in [5.74, 6) is -1.01. The summed E-state index contributed by atoms with van der Waals surface area (Å²) in [5, 5.41) is 3.63. The SMILES string of the molecule is CC(=O)c1ccc(NC(=O)[C@H](C)OC(=O)c2cc3ccccc3s2)cc1. The molecular formula is C20H17NO4S. The van der Waals surface area contributed by atoms with Crippen molar-refractivity contribution in [1.82, 2.24) is 0 Å². The van der Waals surface area contributed by atoms with Crippen molar-refractivity contribution >= 4 is 44.8 Å². The van der Waals surface area contributed by atoms with Gasteiger partial charge in [0.1, 0.15) is 4.88 Å². The predicted molar refractivity (Wildman–Crippen MR) is 102 cm³/mol. The van der Waals surface area contributed by atoms with Crippen LogP contribution in [0.1, 0.15) is 33.9 Å². The molecule has 1 amide bonds. The highest BCUT2D eigenvalue weighted by Crippen LogP contribution is 2.26. The van der Waals surface area contributed by atoms with Crippen molar-refractivity contribution in [2.45, 2.75) is 20.0 Å². The van der Waals surface area contributed by atoms with Crippen LogP contribution in [0.25, 0.3) is 10.1 Å². The van der Waals surface area contributed by atoms with Crippen molar-refractivity contribution < 1.29 is 19.1 Å². The lowest BCUT2D eigenvalue weighted by Gasteiger charge is -2.13. The van der Waals surface area contributed by atoms with Crippen LogP contribution in [0.3, 0.4) is 0 Å². The Bertz CT molecular complexity index is 942. The Morgan fingerprint density at radius 3 is 2.38 bits per heavy atom. The normalized spacial score (nSPS) is 11.8. The Morgan fingerprint density at radius 1 is 1.04 bits per heavy atom. The molecule has 0 bridgehead atoms. The van der Waals surface area contributed by atoms with Gasteiger partial charge in [0.2, 0.25) is 0 Å². The van der Waals surface area contributed by atoms with Crippen molar-refractivity contribution in [3.63, 3.8) is 0 Å². The topological polar surface area (TPSA) is 72.5 Å². The highest BCUT2D eigenvalue weighted by molar-refractivity contribution is 7.20. The van der Waals surface area contributed by atoms with Gasteiger partial charge in [-0.05, 0) is 55.6 Å². The predicted octanol–water partition coefficient (Wildman–Crippen LogP) is 4.29. The number of thiophene rings is 1. The number of fused-ring (bicyclic) bond motifs is 1. The summed E-state index contributed by atoms with van der Waals surface area (Å²) in [5.41, 5.74) is 1.09. The molecule has 0 spiro atoms. The molecule has 0 aliphatic heterocycles. The summed E-state index contributed by atoms with van der Waals surface area (Å²) in [6.07, 6.45) is -0.944. The highest BCUT2D eigenvalue weighted by atomic mass is 32.1. The Labute approximate surface area is 154 Å². The number of hydrogen-bond donors (Lipinski definition) is 1. The molecular weight excluding hydrogens is 350 g/mol. The summed E-state index contributed by atoms with van der Waals surface area (Å²) < 4.78 is 6.26. The zero-order chi connectivity index (χ0) is 18.7. The zero-order valence-electron chi connectivity index (χ0n) is 14.3. The van der Waals surface area contributed by atoms with E-state index in [1.165, 1.54) is 25.2 Å². The number of carbonyl (C=O) groups is 3. The van der Waals surface area contributed by atoms with Gasteiger partial charge in [0, 0.05) is 16.0 Å². The minimum absolute atomic E-state index is 0.0477. The van der Waals surface area contributed by atoms with E-state index in [1.54, 1.807) is 30.3 Å². The first-order chi connectivity index (χ1) is 12.4. The van der Waals surface area contributed by atoms with Crippen LogP contribution >= 0.6 is 11.3 Å². The van der Waals surface area contributed by atoms with Crippen LogP contribution in [0.4, 0.5) is 5.69 Å². The van der Waals surface area contributed by atoms with Crippen molar-refractivity contribution in [2.75, 3.05) is 5.32 Å². The van der Waals surface area contributed by atoms with E-state index in [1.807, 2.05) is 24.3 Å². The van der Waals surface area contributed by atoms with Gasteiger partial charge in [-0.25, -0.2) is 4.79 Å². The molecule has 1 aromatic heterocycles. The monoisotopic (exact) mass is 367 g/mol. The van der Waals surface area contributed by atoms with Gasteiger partial charge in [0.05, 0.1) is 0 Å². The van der Waals surface area contributed by atoms with E-state index >= 15 is 0 Å². The Hall–Kier alpha value is -2.99. The molecule has 2 aromatic carbocycles. The molecule has 6 heteroatoms. The zero-order valence-corrected chi connectivity index (χ0v) is 15.1. The van der Waals surface area contributed by atoms with Gasteiger partial charge in [0.15, 0.2) is 11.9 Å². The van der Waals surface area contributed by atoms with Crippen LogP contribution < -0.4 is 5.32 Å². The number of hydrogen-bond acceptors (Lipinski definition) is 5. The minimum Gasteiger partial charge on any atom is -0.448 e. The first-order valence-corrected chi connectivity index (χ1v) is 8.87. The standard InChI is InChI=1S/C20H17NO4S/c1-12(22)14-7-9-16(10-8-14)21-19(23)13(2)25-20(24)18-11-15-5-3-4-6-17(15)26-18/h3-11,13H,1-2H3,(H,21,23)/t13-/m0/s1. The van der Waals surface area contributed by atoms with Gasteiger partial charge < -0.3 is 10.1 Å². The third-order valence-electron chi connectivity index (χ3n) is 3.84. The number of anilines is 1. The van der Waals surface area contributed by atoms with E-state index < -0.39 is 18.0 Å². The van der Waals surface area contributed by atoms with E-state index in [0.29, 0.717) is 16.1 Å². The molecule has 3 rings (SSSR count). The largest absolute Gasteiger partial charge is 0.448 e. The molecule has 0 fully saturated rings. The Balaban J connectivity index is 1.62. The van der Waals surface area contributed by atoms with E-state index in [9.17, 15) is 14.4 Å².